The van der Waals surface area contributed by atoms with Crippen molar-refractivity contribution in [2.45, 2.75) is 104 Å². The lowest BCUT2D eigenvalue weighted by Gasteiger charge is -1.98. The molecule has 0 atom stereocenters. The van der Waals surface area contributed by atoms with Crippen LogP contribution in [0.25, 0.3) is 0 Å². The summed E-state index contributed by atoms with van der Waals surface area (Å²) in [5, 5.41) is 0. The molecule has 0 aliphatic carbocycles. The highest BCUT2D eigenvalue weighted by atomic mass is 15.1. The van der Waals surface area contributed by atoms with Gasteiger partial charge in [-0.15, -0.1) is 0 Å². The summed E-state index contributed by atoms with van der Waals surface area (Å²) in [6, 6.07) is 0. The lowest BCUT2D eigenvalue weighted by atomic mass is 10.1. The predicted octanol–water partition coefficient (Wildman–Crippen LogP) is 5.35. The van der Waals surface area contributed by atoms with Crippen LogP contribution in [0.15, 0.2) is 37.4 Å². The molecule has 0 unspecified atom stereocenters. The molecule has 4 nitrogen and oxygen atoms in total. The molecule has 2 aromatic rings. The summed E-state index contributed by atoms with van der Waals surface area (Å²) in [7, 11) is 4.13. The van der Waals surface area contributed by atoms with Gasteiger partial charge >= 0.3 is 0 Å². The molecular formula is C24H46N4+2. The van der Waals surface area contributed by atoms with Crippen molar-refractivity contribution < 1.29 is 9.13 Å². The number of imidazole rings is 2. The van der Waals surface area contributed by atoms with E-state index in [4.69, 9.17) is 0 Å². The Balaban J connectivity index is 0.000000280. The molecule has 4 heteroatoms. The van der Waals surface area contributed by atoms with Crippen molar-refractivity contribution >= 4 is 0 Å². The number of nitrogens with zero attached hydrogens (tertiary/aromatic N) is 4. The zero-order chi connectivity index (χ0) is 20.5. The summed E-state index contributed by atoms with van der Waals surface area (Å²) in [6.45, 7) is 6.87. The molecule has 0 N–H and O–H groups in total. The van der Waals surface area contributed by atoms with E-state index in [2.05, 4.69) is 83.7 Å². The first-order valence-electron chi connectivity index (χ1n) is 11.7. The summed E-state index contributed by atoms with van der Waals surface area (Å²) in [5.74, 6) is 0. The van der Waals surface area contributed by atoms with Gasteiger partial charge in [0.25, 0.3) is 0 Å². The highest BCUT2D eigenvalue weighted by molar-refractivity contribution is 4.62. The van der Waals surface area contributed by atoms with Gasteiger partial charge in [0.05, 0.1) is 27.2 Å². The van der Waals surface area contributed by atoms with Gasteiger partial charge in [0.15, 0.2) is 0 Å². The van der Waals surface area contributed by atoms with Gasteiger partial charge in [0.2, 0.25) is 12.7 Å². The van der Waals surface area contributed by atoms with Crippen LogP contribution >= 0.6 is 0 Å². The van der Waals surface area contributed by atoms with E-state index in [1.807, 2.05) is 0 Å². The Kier molecular flexibility index (Phi) is 14.3. The average Bonchev–Trinajstić information content (AvgIpc) is 3.29. The lowest BCUT2D eigenvalue weighted by Crippen LogP contribution is -2.30. The van der Waals surface area contributed by atoms with Crippen molar-refractivity contribution in [1.29, 1.82) is 0 Å². The Bertz CT molecular complexity index is 533. The number of aryl methyl sites for hydroxylation is 4. The van der Waals surface area contributed by atoms with Gasteiger partial charge < -0.3 is 0 Å². The van der Waals surface area contributed by atoms with E-state index >= 15 is 0 Å². The molecule has 2 rings (SSSR count). The second kappa shape index (κ2) is 16.4. The van der Waals surface area contributed by atoms with Gasteiger partial charge in [-0.25, -0.2) is 18.3 Å². The van der Waals surface area contributed by atoms with Crippen LogP contribution in [0.5, 0.6) is 0 Å². The van der Waals surface area contributed by atoms with E-state index < -0.39 is 0 Å². The van der Waals surface area contributed by atoms with Gasteiger partial charge in [0.1, 0.15) is 24.8 Å². The van der Waals surface area contributed by atoms with Gasteiger partial charge in [-0.05, 0) is 25.7 Å². The zero-order valence-corrected chi connectivity index (χ0v) is 19.2. The maximum atomic E-state index is 2.26. The normalized spacial score (nSPS) is 10.7. The van der Waals surface area contributed by atoms with E-state index in [0.29, 0.717) is 0 Å². The Morgan fingerprint density at radius 2 is 0.893 bits per heavy atom. The van der Waals surface area contributed by atoms with Gasteiger partial charge in [-0.3, -0.25) is 0 Å². The van der Waals surface area contributed by atoms with Crippen molar-refractivity contribution in [2.75, 3.05) is 0 Å². The minimum Gasteiger partial charge on any atom is -0.240 e. The van der Waals surface area contributed by atoms with Crippen LogP contribution in [0, 0.1) is 0 Å². The summed E-state index contributed by atoms with van der Waals surface area (Å²) in [4.78, 5) is 0. The third-order valence-corrected chi connectivity index (χ3v) is 5.19. The van der Waals surface area contributed by atoms with E-state index in [1.54, 1.807) is 0 Å². The van der Waals surface area contributed by atoms with E-state index in [1.165, 1.54) is 90.1 Å². The molecule has 160 valence electrons. The highest BCUT2D eigenvalue weighted by Crippen LogP contribution is 2.05. The van der Waals surface area contributed by atoms with Crippen LogP contribution in [-0.2, 0) is 27.2 Å². The van der Waals surface area contributed by atoms with E-state index in [9.17, 15) is 0 Å². The largest absolute Gasteiger partial charge is 0.243 e. The van der Waals surface area contributed by atoms with E-state index in [-0.39, 0.29) is 0 Å². The maximum Gasteiger partial charge on any atom is 0.243 e. The number of aromatic nitrogens is 4. The van der Waals surface area contributed by atoms with E-state index in [0.717, 1.165) is 0 Å². The van der Waals surface area contributed by atoms with Crippen molar-refractivity contribution in [1.82, 2.24) is 9.13 Å². The van der Waals surface area contributed by atoms with Crippen LogP contribution in [0.1, 0.15) is 90.9 Å². The maximum absolute atomic E-state index is 2.26. The molecular weight excluding hydrogens is 344 g/mol. The fourth-order valence-corrected chi connectivity index (χ4v) is 3.42. The Labute approximate surface area is 174 Å². The van der Waals surface area contributed by atoms with Crippen molar-refractivity contribution in [2.24, 2.45) is 14.1 Å². The fraction of sp³-hybridized carbons (Fsp3) is 0.750. The first-order valence-corrected chi connectivity index (χ1v) is 11.7. The molecule has 0 saturated heterocycles. The molecule has 0 saturated carbocycles. The summed E-state index contributed by atoms with van der Waals surface area (Å²) < 4.78 is 8.72. The summed E-state index contributed by atoms with van der Waals surface area (Å²) >= 11 is 0. The number of unbranched alkanes of at least 4 members (excludes halogenated alkanes) is 10. The molecule has 0 spiro atoms. The van der Waals surface area contributed by atoms with Crippen LogP contribution in [0.3, 0.4) is 0 Å². The second-order valence-electron chi connectivity index (χ2n) is 8.17. The molecule has 28 heavy (non-hydrogen) atoms. The highest BCUT2D eigenvalue weighted by Gasteiger charge is 1.99. The predicted molar refractivity (Wildman–Crippen MR) is 118 cm³/mol. The Morgan fingerprint density at radius 1 is 0.536 bits per heavy atom. The minimum atomic E-state index is 1.17. The SMILES string of the molecule is CCCCCCCC[n+]1ccn(C)c1.CCCCCCCC[n+]1ccn(C)c1. The molecule has 0 amide bonds. The molecule has 0 aliphatic rings. The molecule has 0 aliphatic heterocycles. The smallest absolute Gasteiger partial charge is 0.240 e. The quantitative estimate of drug-likeness (QED) is 0.306. The van der Waals surface area contributed by atoms with Crippen molar-refractivity contribution in [3.05, 3.63) is 37.4 Å². The topological polar surface area (TPSA) is 17.6 Å². The summed E-state index contributed by atoms with van der Waals surface area (Å²) in [6.07, 6.45) is 29.3. The Morgan fingerprint density at radius 3 is 1.21 bits per heavy atom. The van der Waals surface area contributed by atoms with Crippen molar-refractivity contribution in [3.8, 4) is 0 Å². The standard InChI is InChI=1S/2C12H23N2/c2*1-3-4-5-6-7-8-9-14-11-10-13(2)12-14/h2*10-12H,3-9H2,1-2H3/q2*+1. The molecule has 2 heterocycles. The number of hydrogen-bond acceptors (Lipinski definition) is 0. The molecule has 2 aromatic heterocycles. The lowest BCUT2D eigenvalue weighted by molar-refractivity contribution is -0.697. The minimum absolute atomic E-state index is 1.17. The molecule has 0 radical (unpaired) electrons. The summed E-state index contributed by atoms with van der Waals surface area (Å²) in [5.41, 5.74) is 0. The second-order valence-corrected chi connectivity index (χ2v) is 8.17. The van der Waals surface area contributed by atoms with Crippen LogP contribution in [0.2, 0.25) is 0 Å². The van der Waals surface area contributed by atoms with Gasteiger partial charge in [0, 0.05) is 0 Å². The van der Waals surface area contributed by atoms with Crippen LogP contribution in [0.4, 0.5) is 0 Å². The molecule has 0 fully saturated rings. The monoisotopic (exact) mass is 390 g/mol. The Hall–Kier alpha value is -1.58. The van der Waals surface area contributed by atoms with Crippen LogP contribution in [-0.4, -0.2) is 9.13 Å². The zero-order valence-electron chi connectivity index (χ0n) is 19.2. The van der Waals surface area contributed by atoms with Gasteiger partial charge in [-0.1, -0.05) is 65.2 Å². The first-order chi connectivity index (χ1) is 13.7. The third-order valence-electron chi connectivity index (χ3n) is 5.19. The van der Waals surface area contributed by atoms with Crippen molar-refractivity contribution in [3.63, 3.8) is 0 Å². The average molecular weight is 391 g/mol. The number of hydrogen-bond donors (Lipinski definition) is 0. The molecule has 0 bridgehead atoms. The van der Waals surface area contributed by atoms with Crippen LogP contribution < -0.4 is 9.13 Å². The fourth-order valence-electron chi connectivity index (χ4n) is 3.42. The van der Waals surface area contributed by atoms with Gasteiger partial charge in [-0.2, -0.15) is 0 Å². The first kappa shape index (κ1) is 24.5. The molecule has 0 aromatic carbocycles. The number of rotatable bonds is 14. The third kappa shape index (κ3) is 12.7.